The number of amides is 2. The predicted molar refractivity (Wildman–Crippen MR) is 126 cm³/mol. The molecule has 1 N–H and O–H groups in total. The van der Waals surface area contributed by atoms with E-state index in [1.54, 1.807) is 24.3 Å². The largest absolute Gasteiger partial charge is 0.497 e. The van der Waals surface area contributed by atoms with Gasteiger partial charge in [-0.1, -0.05) is 42.5 Å². The van der Waals surface area contributed by atoms with Gasteiger partial charge in [0.25, 0.3) is 5.91 Å². The first-order valence-corrected chi connectivity index (χ1v) is 11.1. The van der Waals surface area contributed by atoms with E-state index in [1.165, 1.54) is 0 Å². The Balaban J connectivity index is 1.43. The highest BCUT2D eigenvalue weighted by Gasteiger charge is 2.34. The van der Waals surface area contributed by atoms with E-state index in [9.17, 15) is 9.59 Å². The summed E-state index contributed by atoms with van der Waals surface area (Å²) in [4.78, 5) is 34.4. The summed E-state index contributed by atoms with van der Waals surface area (Å²) in [5.74, 6) is 1.27. The second-order valence-corrected chi connectivity index (χ2v) is 8.43. The number of anilines is 2. The number of nitrogens with one attached hydrogen (secondary N) is 1. The summed E-state index contributed by atoms with van der Waals surface area (Å²) in [6.45, 7) is 1.12. The zero-order chi connectivity index (χ0) is 22.8. The lowest BCUT2D eigenvalue weighted by Gasteiger charge is -2.30. The molecule has 0 saturated heterocycles. The predicted octanol–water partition coefficient (Wildman–Crippen LogP) is 3.85. The molecule has 1 aliphatic carbocycles. The van der Waals surface area contributed by atoms with Crippen molar-refractivity contribution in [1.29, 1.82) is 0 Å². The Morgan fingerprint density at radius 3 is 2.67 bits per heavy atom. The Morgan fingerprint density at radius 2 is 1.91 bits per heavy atom. The van der Waals surface area contributed by atoms with Crippen molar-refractivity contribution < 1.29 is 14.3 Å². The lowest BCUT2D eigenvalue weighted by Crippen LogP contribution is -2.40. The Morgan fingerprint density at radius 1 is 1.12 bits per heavy atom. The molecule has 7 nitrogen and oxygen atoms in total. The molecule has 168 valence electrons. The molecule has 2 heterocycles. The number of rotatable bonds is 7. The molecule has 7 heteroatoms. The van der Waals surface area contributed by atoms with Crippen molar-refractivity contribution in [1.82, 2.24) is 9.88 Å². The molecule has 2 aromatic carbocycles. The van der Waals surface area contributed by atoms with Gasteiger partial charge < -0.3 is 19.9 Å². The topological polar surface area (TPSA) is 74.8 Å². The number of pyridine rings is 1. The van der Waals surface area contributed by atoms with Crippen LogP contribution in [-0.4, -0.2) is 41.4 Å². The highest BCUT2D eigenvalue weighted by atomic mass is 16.5. The smallest absolute Gasteiger partial charge is 0.256 e. The third kappa shape index (κ3) is 4.53. The fourth-order valence-electron chi connectivity index (χ4n) is 4.13. The van der Waals surface area contributed by atoms with Crippen LogP contribution < -0.4 is 15.0 Å². The lowest BCUT2D eigenvalue weighted by atomic mass is 10.1. The zero-order valence-electron chi connectivity index (χ0n) is 18.5. The molecule has 0 atom stereocenters. The Hall–Kier alpha value is -3.87. The molecular weight excluding hydrogens is 416 g/mol. The summed E-state index contributed by atoms with van der Waals surface area (Å²) < 4.78 is 5.33. The van der Waals surface area contributed by atoms with Crippen molar-refractivity contribution in [3.63, 3.8) is 0 Å². The molecule has 0 radical (unpaired) electrons. The maximum atomic E-state index is 13.5. The van der Waals surface area contributed by atoms with Gasteiger partial charge in [-0.25, -0.2) is 4.98 Å². The van der Waals surface area contributed by atoms with Crippen molar-refractivity contribution >= 4 is 23.3 Å². The fourth-order valence-corrected chi connectivity index (χ4v) is 4.13. The van der Waals surface area contributed by atoms with E-state index in [-0.39, 0.29) is 24.4 Å². The van der Waals surface area contributed by atoms with E-state index in [0.29, 0.717) is 30.2 Å². The zero-order valence-corrected chi connectivity index (χ0v) is 18.5. The first kappa shape index (κ1) is 21.0. The standard InChI is InChI=1S/C26H26N4O3/c1-33-22-9-5-8-19(12-22)17-29(21-10-11-21)26(32)20-13-23-25(27-14-20)28-15-24(31)30(23)16-18-6-3-2-4-7-18/h2-9,12-14,21H,10-11,15-17H2,1H3,(H,27,28). The maximum Gasteiger partial charge on any atom is 0.256 e. The van der Waals surface area contributed by atoms with Gasteiger partial charge in [-0.3, -0.25) is 9.59 Å². The lowest BCUT2D eigenvalue weighted by molar-refractivity contribution is -0.117. The van der Waals surface area contributed by atoms with Gasteiger partial charge in [0.2, 0.25) is 5.91 Å². The Kier molecular flexibility index (Phi) is 5.69. The van der Waals surface area contributed by atoms with Crippen LogP contribution in [-0.2, 0) is 17.9 Å². The number of carbonyl (C=O) groups excluding carboxylic acids is 2. The highest BCUT2D eigenvalue weighted by molar-refractivity contribution is 6.04. The van der Waals surface area contributed by atoms with Crippen molar-refractivity contribution in [2.24, 2.45) is 0 Å². The van der Waals surface area contributed by atoms with Crippen molar-refractivity contribution in [3.05, 3.63) is 83.6 Å². The minimum Gasteiger partial charge on any atom is -0.497 e. The van der Waals surface area contributed by atoms with Gasteiger partial charge >= 0.3 is 0 Å². The van der Waals surface area contributed by atoms with Gasteiger partial charge in [0.05, 0.1) is 31.5 Å². The van der Waals surface area contributed by atoms with E-state index >= 15 is 0 Å². The van der Waals surface area contributed by atoms with Crippen LogP contribution in [0.15, 0.2) is 66.9 Å². The second kappa shape index (κ2) is 8.94. The number of fused-ring (bicyclic) bond motifs is 1. The molecule has 5 rings (SSSR count). The number of carbonyl (C=O) groups is 2. The monoisotopic (exact) mass is 442 g/mol. The Bertz CT molecular complexity index is 1180. The van der Waals surface area contributed by atoms with Crippen LogP contribution in [0.3, 0.4) is 0 Å². The normalized spacial score (nSPS) is 14.9. The van der Waals surface area contributed by atoms with Gasteiger partial charge in [-0.2, -0.15) is 0 Å². The average Bonchev–Trinajstić information content (AvgIpc) is 3.70. The molecule has 1 aromatic heterocycles. The second-order valence-electron chi connectivity index (χ2n) is 8.43. The summed E-state index contributed by atoms with van der Waals surface area (Å²) in [6.07, 6.45) is 3.59. The summed E-state index contributed by atoms with van der Waals surface area (Å²) in [7, 11) is 1.64. The molecular formula is C26H26N4O3. The molecule has 2 amide bonds. The molecule has 0 spiro atoms. The SMILES string of the molecule is COc1cccc(CN(C(=O)c2cnc3c(c2)N(Cc2ccccc2)C(=O)CN3)C2CC2)c1. The quantitative estimate of drug-likeness (QED) is 0.602. The first-order valence-electron chi connectivity index (χ1n) is 11.1. The highest BCUT2D eigenvalue weighted by Crippen LogP contribution is 2.33. The number of ether oxygens (including phenoxy) is 1. The van der Waals surface area contributed by atoms with E-state index in [0.717, 1.165) is 29.7 Å². The number of aromatic nitrogens is 1. The van der Waals surface area contributed by atoms with Crippen molar-refractivity contribution in [2.75, 3.05) is 23.9 Å². The van der Waals surface area contributed by atoms with Crippen molar-refractivity contribution in [3.8, 4) is 5.75 Å². The van der Waals surface area contributed by atoms with E-state index in [1.807, 2.05) is 59.5 Å². The third-order valence-electron chi connectivity index (χ3n) is 6.03. The molecule has 1 fully saturated rings. The molecule has 1 aliphatic heterocycles. The van der Waals surface area contributed by atoms with Crippen LogP contribution >= 0.6 is 0 Å². The van der Waals surface area contributed by atoms with Crippen LogP contribution in [0.5, 0.6) is 5.75 Å². The number of methoxy groups -OCH3 is 1. The van der Waals surface area contributed by atoms with E-state index in [2.05, 4.69) is 10.3 Å². The third-order valence-corrected chi connectivity index (χ3v) is 6.03. The van der Waals surface area contributed by atoms with Gasteiger partial charge in [-0.15, -0.1) is 0 Å². The molecule has 3 aromatic rings. The van der Waals surface area contributed by atoms with E-state index in [4.69, 9.17) is 4.74 Å². The maximum absolute atomic E-state index is 13.5. The minimum atomic E-state index is -0.0756. The van der Waals surface area contributed by atoms with E-state index < -0.39 is 0 Å². The van der Waals surface area contributed by atoms with Gasteiger partial charge in [0, 0.05) is 18.8 Å². The number of hydrogen-bond acceptors (Lipinski definition) is 5. The molecule has 1 saturated carbocycles. The number of hydrogen-bond donors (Lipinski definition) is 1. The summed E-state index contributed by atoms with van der Waals surface area (Å²) in [5.41, 5.74) is 3.16. The van der Waals surface area contributed by atoms with Crippen LogP contribution in [0.1, 0.15) is 34.3 Å². The number of benzene rings is 2. The summed E-state index contributed by atoms with van der Waals surface area (Å²) >= 11 is 0. The molecule has 2 aliphatic rings. The van der Waals surface area contributed by atoms with Gasteiger partial charge in [0.15, 0.2) is 5.82 Å². The first-order chi connectivity index (χ1) is 16.1. The van der Waals surface area contributed by atoms with Gasteiger partial charge in [-0.05, 0) is 42.2 Å². The van der Waals surface area contributed by atoms with Crippen LogP contribution in [0.2, 0.25) is 0 Å². The van der Waals surface area contributed by atoms with Crippen LogP contribution in [0, 0.1) is 0 Å². The van der Waals surface area contributed by atoms with Gasteiger partial charge in [0.1, 0.15) is 5.75 Å². The summed E-state index contributed by atoms with van der Waals surface area (Å²) in [6, 6.07) is 19.6. The fraction of sp³-hybridized carbons (Fsp3) is 0.269. The molecule has 0 unspecified atom stereocenters. The molecule has 33 heavy (non-hydrogen) atoms. The number of nitrogens with zero attached hydrogens (tertiary/aromatic N) is 3. The van der Waals surface area contributed by atoms with Crippen LogP contribution in [0.4, 0.5) is 11.5 Å². The van der Waals surface area contributed by atoms with Crippen LogP contribution in [0.25, 0.3) is 0 Å². The summed E-state index contributed by atoms with van der Waals surface area (Å²) in [5, 5.41) is 3.07. The minimum absolute atomic E-state index is 0.0480. The van der Waals surface area contributed by atoms with Crippen molar-refractivity contribution in [2.45, 2.75) is 32.0 Å². The Labute approximate surface area is 193 Å². The molecule has 0 bridgehead atoms. The average molecular weight is 443 g/mol.